The van der Waals surface area contributed by atoms with Crippen molar-refractivity contribution in [3.63, 3.8) is 0 Å². The number of fused-ring (bicyclic) bond motifs is 1. The molecule has 4 nitrogen and oxygen atoms in total. The van der Waals surface area contributed by atoms with Crippen LogP contribution in [0.1, 0.15) is 5.56 Å². The number of H-pyrrole nitrogens is 1. The van der Waals surface area contributed by atoms with Crippen molar-refractivity contribution in [2.45, 2.75) is 12.3 Å². The van der Waals surface area contributed by atoms with E-state index in [-0.39, 0.29) is 6.10 Å². The summed E-state index contributed by atoms with van der Waals surface area (Å²) in [5.41, 5.74) is 7.63. The van der Waals surface area contributed by atoms with Crippen LogP contribution in [0, 0.1) is 0 Å². The van der Waals surface area contributed by atoms with E-state index in [1.165, 1.54) is 12.1 Å². The molecule has 0 aliphatic carbocycles. The molecule has 0 saturated carbocycles. The van der Waals surface area contributed by atoms with Crippen LogP contribution < -0.4 is 15.4 Å². The van der Waals surface area contributed by atoms with Gasteiger partial charge in [-0.1, -0.05) is 0 Å². The molecule has 4 rings (SSSR count). The zero-order valence-corrected chi connectivity index (χ0v) is 13.2. The first kappa shape index (κ1) is 15.7. The maximum Gasteiger partial charge on any atom is 0.416 e. The Morgan fingerprint density at radius 3 is 2.48 bits per heavy atom. The van der Waals surface area contributed by atoms with Crippen LogP contribution in [0.2, 0.25) is 0 Å². The van der Waals surface area contributed by atoms with Crippen molar-refractivity contribution >= 4 is 22.3 Å². The summed E-state index contributed by atoms with van der Waals surface area (Å²) in [6.45, 7) is 1.26. The first-order valence-corrected chi connectivity index (χ1v) is 7.85. The number of ether oxygens (including phenoxy) is 1. The molecule has 1 aliphatic rings. The van der Waals surface area contributed by atoms with Gasteiger partial charge in [0, 0.05) is 22.8 Å². The summed E-state index contributed by atoms with van der Waals surface area (Å²) in [5.74, 6) is 0.732. The normalized spacial score (nSPS) is 15.4. The Labute approximate surface area is 142 Å². The molecule has 0 unspecified atom stereocenters. The van der Waals surface area contributed by atoms with Gasteiger partial charge in [-0.3, -0.25) is 0 Å². The van der Waals surface area contributed by atoms with Gasteiger partial charge in [-0.2, -0.15) is 13.2 Å². The van der Waals surface area contributed by atoms with E-state index in [2.05, 4.69) is 4.98 Å². The third-order valence-electron chi connectivity index (χ3n) is 4.40. The largest absolute Gasteiger partial charge is 0.487 e. The fraction of sp³-hybridized carbons (Fsp3) is 0.222. The van der Waals surface area contributed by atoms with E-state index >= 15 is 0 Å². The van der Waals surface area contributed by atoms with E-state index in [9.17, 15) is 13.2 Å². The number of hydrogen-bond acceptors (Lipinski definition) is 3. The summed E-state index contributed by atoms with van der Waals surface area (Å²) in [5, 5.41) is 0.913. The standard InChI is InChI=1S/C18H16F3N3O/c19-18(20,21)11-1-3-12(4-2-11)24-9-14(10-24)25-13-5-6-17-15(7-13)16(22)8-23-17/h1-8,14,23H,9-10,22H2. The molecule has 25 heavy (non-hydrogen) atoms. The maximum atomic E-state index is 12.6. The number of aromatic amines is 1. The van der Waals surface area contributed by atoms with Gasteiger partial charge in [0.15, 0.2) is 0 Å². The summed E-state index contributed by atoms with van der Waals surface area (Å²) in [6.07, 6.45) is -2.57. The van der Waals surface area contributed by atoms with Crippen molar-refractivity contribution in [1.29, 1.82) is 0 Å². The van der Waals surface area contributed by atoms with Crippen LogP contribution in [0.3, 0.4) is 0 Å². The molecule has 3 aromatic rings. The molecule has 0 spiro atoms. The molecule has 1 saturated heterocycles. The van der Waals surface area contributed by atoms with E-state index in [0.717, 1.165) is 34.5 Å². The molecular weight excluding hydrogens is 331 g/mol. The second-order valence-electron chi connectivity index (χ2n) is 6.14. The number of aromatic nitrogens is 1. The lowest BCUT2D eigenvalue weighted by molar-refractivity contribution is -0.137. The second-order valence-corrected chi connectivity index (χ2v) is 6.14. The summed E-state index contributed by atoms with van der Waals surface area (Å²) in [7, 11) is 0. The second kappa shape index (κ2) is 5.61. The molecule has 2 heterocycles. The molecule has 130 valence electrons. The Balaban J connectivity index is 1.39. The zero-order valence-electron chi connectivity index (χ0n) is 13.2. The van der Waals surface area contributed by atoms with Crippen LogP contribution in [0.15, 0.2) is 48.7 Å². The molecule has 3 N–H and O–H groups in total. The van der Waals surface area contributed by atoms with Gasteiger partial charge in [0.25, 0.3) is 0 Å². The average Bonchev–Trinajstić information content (AvgIpc) is 2.91. The van der Waals surface area contributed by atoms with Crippen LogP contribution >= 0.6 is 0 Å². The van der Waals surface area contributed by atoms with E-state index in [4.69, 9.17) is 10.5 Å². The maximum absolute atomic E-state index is 12.6. The molecular formula is C18H16F3N3O. The van der Waals surface area contributed by atoms with Crippen molar-refractivity contribution in [2.75, 3.05) is 23.7 Å². The fourth-order valence-corrected chi connectivity index (χ4v) is 2.97. The smallest absolute Gasteiger partial charge is 0.416 e. The van der Waals surface area contributed by atoms with Crippen molar-refractivity contribution < 1.29 is 17.9 Å². The SMILES string of the molecule is Nc1c[nH]c2ccc(OC3CN(c4ccc(C(F)(F)F)cc4)C3)cc12. The Bertz CT molecular complexity index is 896. The topological polar surface area (TPSA) is 54.3 Å². The van der Waals surface area contributed by atoms with Gasteiger partial charge >= 0.3 is 6.18 Å². The molecule has 1 aromatic heterocycles. The van der Waals surface area contributed by atoms with E-state index in [1.807, 2.05) is 23.1 Å². The monoisotopic (exact) mass is 347 g/mol. The van der Waals surface area contributed by atoms with Crippen LogP contribution in [0.5, 0.6) is 5.75 Å². The minimum Gasteiger partial charge on any atom is -0.487 e. The van der Waals surface area contributed by atoms with Crippen LogP contribution in [-0.2, 0) is 6.18 Å². The van der Waals surface area contributed by atoms with Gasteiger partial charge in [0.2, 0.25) is 0 Å². The molecule has 0 amide bonds. The van der Waals surface area contributed by atoms with E-state index in [1.54, 1.807) is 6.20 Å². The minimum atomic E-state index is -4.31. The molecule has 0 radical (unpaired) electrons. The molecule has 1 fully saturated rings. The number of alkyl halides is 3. The van der Waals surface area contributed by atoms with Gasteiger partial charge in [-0.05, 0) is 42.5 Å². The Hall–Kier alpha value is -2.83. The lowest BCUT2D eigenvalue weighted by atomic mass is 10.1. The first-order chi connectivity index (χ1) is 11.9. The number of nitrogens with two attached hydrogens (primary N) is 1. The number of hydrogen-bond donors (Lipinski definition) is 2. The third-order valence-corrected chi connectivity index (χ3v) is 4.40. The van der Waals surface area contributed by atoms with E-state index < -0.39 is 11.7 Å². The van der Waals surface area contributed by atoms with Crippen molar-refractivity contribution in [3.05, 3.63) is 54.2 Å². The number of halogens is 3. The fourth-order valence-electron chi connectivity index (χ4n) is 2.97. The predicted molar refractivity (Wildman–Crippen MR) is 90.8 cm³/mol. The minimum absolute atomic E-state index is 0.0000843. The van der Waals surface area contributed by atoms with E-state index in [0.29, 0.717) is 18.8 Å². The summed E-state index contributed by atoms with van der Waals surface area (Å²) in [6, 6.07) is 10.9. The van der Waals surface area contributed by atoms with Gasteiger partial charge < -0.3 is 20.4 Å². The Kier molecular flexibility index (Phi) is 3.52. The number of nitrogens with zero attached hydrogens (tertiary/aromatic N) is 1. The highest BCUT2D eigenvalue weighted by Gasteiger charge is 2.32. The van der Waals surface area contributed by atoms with Gasteiger partial charge in [0.1, 0.15) is 11.9 Å². The lowest BCUT2D eigenvalue weighted by Gasteiger charge is -2.40. The molecule has 1 aliphatic heterocycles. The quantitative estimate of drug-likeness (QED) is 0.752. The molecule has 2 aromatic carbocycles. The number of anilines is 2. The molecule has 0 bridgehead atoms. The zero-order chi connectivity index (χ0) is 17.6. The summed E-state index contributed by atoms with van der Waals surface area (Å²) >= 11 is 0. The number of nitrogen functional groups attached to an aromatic ring is 1. The molecule has 0 atom stereocenters. The summed E-state index contributed by atoms with van der Waals surface area (Å²) < 4.78 is 43.7. The Morgan fingerprint density at radius 1 is 1.08 bits per heavy atom. The predicted octanol–water partition coefficient (Wildman–Crippen LogP) is 4.04. The van der Waals surface area contributed by atoms with Crippen molar-refractivity contribution in [1.82, 2.24) is 4.98 Å². The highest BCUT2D eigenvalue weighted by atomic mass is 19.4. The molecule has 7 heteroatoms. The number of nitrogens with one attached hydrogen (secondary N) is 1. The average molecular weight is 347 g/mol. The Morgan fingerprint density at radius 2 is 1.80 bits per heavy atom. The van der Waals surface area contributed by atoms with Crippen LogP contribution in [0.25, 0.3) is 10.9 Å². The highest BCUT2D eigenvalue weighted by molar-refractivity contribution is 5.92. The number of benzene rings is 2. The summed E-state index contributed by atoms with van der Waals surface area (Å²) in [4.78, 5) is 5.05. The van der Waals surface area contributed by atoms with Crippen molar-refractivity contribution in [2.24, 2.45) is 0 Å². The van der Waals surface area contributed by atoms with Crippen LogP contribution in [-0.4, -0.2) is 24.2 Å². The van der Waals surface area contributed by atoms with Gasteiger partial charge in [0.05, 0.1) is 24.3 Å². The third kappa shape index (κ3) is 2.97. The van der Waals surface area contributed by atoms with Gasteiger partial charge in [-0.15, -0.1) is 0 Å². The van der Waals surface area contributed by atoms with Crippen molar-refractivity contribution in [3.8, 4) is 5.75 Å². The number of rotatable bonds is 3. The first-order valence-electron chi connectivity index (χ1n) is 7.85. The van der Waals surface area contributed by atoms with Gasteiger partial charge in [-0.25, -0.2) is 0 Å². The highest BCUT2D eigenvalue weighted by Crippen LogP contribution is 2.32. The lowest BCUT2D eigenvalue weighted by Crippen LogP contribution is -2.54. The van der Waals surface area contributed by atoms with Crippen LogP contribution in [0.4, 0.5) is 24.5 Å².